The number of hydrogen-bond donors (Lipinski definition) is 6. The Morgan fingerprint density at radius 1 is 1.11 bits per heavy atom. The molecule has 0 radical (unpaired) electrons. The Kier molecular flexibility index (Phi) is 10.9. The van der Waals surface area contributed by atoms with Crippen LogP contribution in [0.3, 0.4) is 0 Å². The van der Waals surface area contributed by atoms with E-state index in [2.05, 4.69) is 4.81 Å². The Bertz CT molecular complexity index is 41.4. The van der Waals surface area contributed by atoms with Gasteiger partial charge in [0.25, 0.3) is 0 Å². The third-order valence-electron chi connectivity index (χ3n) is 0.0943. The van der Waals surface area contributed by atoms with Gasteiger partial charge in [0.05, 0.1) is 0 Å². The van der Waals surface area contributed by atoms with Crippen LogP contribution in [-0.2, 0) is 4.81 Å². The minimum atomic E-state index is -2.62. The van der Waals surface area contributed by atoms with Gasteiger partial charge in [0, 0.05) is 0 Å². The zero-order valence-corrected chi connectivity index (χ0v) is 5.01. The lowest BCUT2D eigenvalue weighted by Gasteiger charge is -1.82. The summed E-state index contributed by atoms with van der Waals surface area (Å²) >= 11 is 0. The van der Waals surface area contributed by atoms with Crippen LogP contribution in [0.1, 0.15) is 0 Å². The Labute approximate surface area is 51.9 Å². The smallest absolute Gasteiger partial charge is 0.400 e. The lowest BCUT2D eigenvalue weighted by atomic mass is 10.3. The lowest BCUT2D eigenvalue weighted by molar-refractivity contribution is -0.173. The number of hydrogen-bond acceptors (Lipinski definition) is 7. The summed E-state index contributed by atoms with van der Waals surface area (Å²) in [6, 6.07) is 0. The molecular formula is H6BO7P. The number of rotatable bonds is 1. The molecule has 9 heavy (non-hydrogen) atoms. The van der Waals surface area contributed by atoms with Gasteiger partial charge in [-0.2, -0.15) is 0 Å². The molecule has 6 N–H and O–H groups in total. The Morgan fingerprint density at radius 3 is 1.22 bits per heavy atom. The van der Waals surface area contributed by atoms with Gasteiger partial charge in [0.1, 0.15) is 0 Å². The van der Waals surface area contributed by atoms with E-state index in [0.29, 0.717) is 0 Å². The third-order valence-corrected chi connectivity index (χ3v) is 0.0943. The lowest BCUT2D eigenvalue weighted by Crippen LogP contribution is -2.13. The second-order valence-electron chi connectivity index (χ2n) is 0.700. The van der Waals surface area contributed by atoms with Crippen molar-refractivity contribution < 1.29 is 34.8 Å². The van der Waals surface area contributed by atoms with Crippen LogP contribution < -0.4 is 0 Å². The van der Waals surface area contributed by atoms with Gasteiger partial charge in [-0.1, -0.05) is 0 Å². The van der Waals surface area contributed by atoms with Crippen molar-refractivity contribution in [3.05, 3.63) is 0 Å². The van der Waals surface area contributed by atoms with Crippen molar-refractivity contribution in [1.82, 2.24) is 0 Å². The van der Waals surface area contributed by atoms with Crippen molar-refractivity contribution in [2.24, 2.45) is 0 Å². The SMILES string of the molecule is OOB(O)O.OP(O)O. The molecule has 0 amide bonds. The molecule has 0 rings (SSSR count). The molecule has 0 saturated carbocycles. The summed E-state index contributed by atoms with van der Waals surface area (Å²) in [7, 11) is -4.68. The van der Waals surface area contributed by atoms with Crippen LogP contribution in [0.15, 0.2) is 0 Å². The van der Waals surface area contributed by atoms with Crippen LogP contribution in [0.2, 0.25) is 0 Å². The Morgan fingerprint density at radius 2 is 1.22 bits per heavy atom. The van der Waals surface area contributed by atoms with Gasteiger partial charge in [0.15, 0.2) is 0 Å². The van der Waals surface area contributed by atoms with Crippen molar-refractivity contribution >= 4 is 15.9 Å². The highest BCUT2D eigenvalue weighted by Crippen LogP contribution is 2.11. The summed E-state index contributed by atoms with van der Waals surface area (Å²) in [5.74, 6) is 0. The van der Waals surface area contributed by atoms with E-state index in [1.807, 2.05) is 0 Å². The van der Waals surface area contributed by atoms with E-state index in [1.165, 1.54) is 0 Å². The van der Waals surface area contributed by atoms with E-state index in [9.17, 15) is 0 Å². The van der Waals surface area contributed by atoms with Crippen LogP contribution in [0.25, 0.3) is 0 Å². The molecule has 0 aromatic rings. The molecule has 0 saturated heterocycles. The standard InChI is InChI=1S/BH3O4.H3O3P/c2-1(3)5-4;1-4(2)3/h2-4H;1-3H. The molecule has 0 unspecified atom stereocenters. The molecule has 0 fully saturated rings. The van der Waals surface area contributed by atoms with Crippen molar-refractivity contribution in [3.63, 3.8) is 0 Å². The maximum Gasteiger partial charge on any atom is 0.662 e. The molecule has 56 valence electrons. The molecule has 0 aromatic heterocycles. The zero-order valence-electron chi connectivity index (χ0n) is 4.12. The third kappa shape index (κ3) is 64.7. The summed E-state index contributed by atoms with van der Waals surface area (Å²) in [4.78, 5) is 24.6. The van der Waals surface area contributed by atoms with Gasteiger partial charge in [-0.3, -0.25) is 5.26 Å². The molecule has 9 heteroatoms. The molecule has 7 nitrogen and oxygen atoms in total. The normalized spacial score (nSPS) is 8.33. The molecule has 0 aliphatic heterocycles. The molecule has 0 bridgehead atoms. The van der Waals surface area contributed by atoms with Crippen LogP contribution in [-0.4, -0.2) is 37.3 Å². The van der Waals surface area contributed by atoms with Crippen molar-refractivity contribution in [2.75, 3.05) is 0 Å². The first-order valence-corrected chi connectivity index (χ1v) is 2.73. The van der Waals surface area contributed by atoms with Crippen LogP contribution in [0, 0.1) is 0 Å². The van der Waals surface area contributed by atoms with Gasteiger partial charge in [0.2, 0.25) is 0 Å². The quantitative estimate of drug-likeness (QED) is 0.109. The van der Waals surface area contributed by atoms with Crippen LogP contribution in [0.5, 0.6) is 0 Å². The van der Waals surface area contributed by atoms with Crippen LogP contribution in [0.4, 0.5) is 0 Å². The molecule has 0 spiro atoms. The minimum Gasteiger partial charge on any atom is -0.400 e. The summed E-state index contributed by atoms with van der Waals surface area (Å²) in [5, 5.41) is 22.0. The first-order chi connectivity index (χ1) is 4.00. The average Bonchev–Trinajstić information content (AvgIpc) is 1.65. The van der Waals surface area contributed by atoms with E-state index in [1.54, 1.807) is 0 Å². The van der Waals surface area contributed by atoms with Gasteiger partial charge >= 0.3 is 15.9 Å². The highest BCUT2D eigenvalue weighted by atomic mass is 31.2. The maximum absolute atomic E-state index is 7.44. The fourth-order valence-electron chi connectivity index (χ4n) is 0. The molecule has 0 heterocycles. The zero-order chi connectivity index (χ0) is 7.86. The second-order valence-corrected chi connectivity index (χ2v) is 1.24. The molecule has 0 aliphatic rings. The van der Waals surface area contributed by atoms with Crippen molar-refractivity contribution in [1.29, 1.82) is 0 Å². The first-order valence-electron chi connectivity index (χ1n) is 1.53. The van der Waals surface area contributed by atoms with E-state index in [4.69, 9.17) is 30.0 Å². The summed E-state index contributed by atoms with van der Waals surface area (Å²) in [6.45, 7) is 0. The maximum atomic E-state index is 7.44. The van der Waals surface area contributed by atoms with Crippen LogP contribution >= 0.6 is 8.60 Å². The predicted molar refractivity (Wildman–Crippen MR) is 27.5 cm³/mol. The molecular weight excluding hydrogens is 154 g/mol. The summed E-state index contributed by atoms with van der Waals surface area (Å²) in [6.07, 6.45) is 0. The van der Waals surface area contributed by atoms with E-state index in [-0.39, 0.29) is 0 Å². The Balaban J connectivity index is 0. The minimum absolute atomic E-state index is 2.06. The fourth-order valence-corrected chi connectivity index (χ4v) is 0. The summed E-state index contributed by atoms with van der Waals surface area (Å²) in [5.41, 5.74) is 0. The molecule has 0 aliphatic carbocycles. The van der Waals surface area contributed by atoms with E-state index in [0.717, 1.165) is 0 Å². The Hall–Kier alpha value is 0.215. The van der Waals surface area contributed by atoms with Gasteiger partial charge in [-0.25, -0.2) is 4.81 Å². The molecule has 0 aromatic carbocycles. The van der Waals surface area contributed by atoms with Gasteiger partial charge in [-0.15, -0.1) is 0 Å². The average molecular weight is 160 g/mol. The predicted octanol–water partition coefficient (Wildman–Crippen LogP) is -2.36. The first kappa shape index (κ1) is 11.9. The van der Waals surface area contributed by atoms with Gasteiger partial charge < -0.3 is 24.7 Å². The second kappa shape index (κ2) is 8.21. The van der Waals surface area contributed by atoms with Gasteiger partial charge in [-0.05, 0) is 0 Å². The van der Waals surface area contributed by atoms with E-state index >= 15 is 0 Å². The fraction of sp³-hybridized carbons (Fsp3) is 0. The highest BCUT2D eigenvalue weighted by Gasteiger charge is 2.03. The van der Waals surface area contributed by atoms with Crippen molar-refractivity contribution in [3.8, 4) is 0 Å². The van der Waals surface area contributed by atoms with E-state index < -0.39 is 15.9 Å². The van der Waals surface area contributed by atoms with Crippen molar-refractivity contribution in [2.45, 2.75) is 0 Å². The summed E-state index contributed by atoms with van der Waals surface area (Å²) < 4.78 is 0. The monoisotopic (exact) mass is 160 g/mol. The largest absolute Gasteiger partial charge is 0.662 e. The topological polar surface area (TPSA) is 131 Å². The highest BCUT2D eigenvalue weighted by molar-refractivity contribution is 7.38. The molecule has 0 atom stereocenters.